The van der Waals surface area contributed by atoms with Crippen molar-refractivity contribution in [2.24, 2.45) is 0 Å². The summed E-state index contributed by atoms with van der Waals surface area (Å²) >= 11 is 0. The van der Waals surface area contributed by atoms with E-state index in [1.54, 1.807) is 0 Å². The summed E-state index contributed by atoms with van der Waals surface area (Å²) in [5, 5.41) is 0. The van der Waals surface area contributed by atoms with Crippen LogP contribution in [0.2, 0.25) is 0 Å². The maximum Gasteiger partial charge on any atom is 0.309 e. The second kappa shape index (κ2) is 9.19. The number of rotatable bonds is 8. The minimum atomic E-state index is -0.343. The fourth-order valence-electron chi connectivity index (χ4n) is 1.51. The Bertz CT molecular complexity index is 213. The Morgan fingerprint density at radius 2 is 1.88 bits per heavy atom. The first-order valence-corrected chi connectivity index (χ1v) is 5.84. The van der Waals surface area contributed by atoms with E-state index in [9.17, 15) is 9.59 Å². The molecule has 0 spiro atoms. The number of hydrogen-bond donors (Lipinski definition) is 0. The van der Waals surface area contributed by atoms with Crippen molar-refractivity contribution in [2.45, 2.75) is 58.5 Å². The number of carbonyl (C=O) groups excluding carboxylic acids is 2. The van der Waals surface area contributed by atoms with E-state index in [1.165, 1.54) is 20.5 Å². The summed E-state index contributed by atoms with van der Waals surface area (Å²) in [6, 6.07) is 0. The third kappa shape index (κ3) is 8.26. The van der Waals surface area contributed by atoms with E-state index < -0.39 is 0 Å². The molecular formula is C12H22O4. The normalized spacial score (nSPS) is 11.9. The first kappa shape index (κ1) is 14.9. The highest BCUT2D eigenvalue weighted by Gasteiger charge is 2.16. The van der Waals surface area contributed by atoms with Crippen LogP contribution in [0.5, 0.6) is 0 Å². The molecule has 0 aliphatic heterocycles. The van der Waals surface area contributed by atoms with Crippen LogP contribution < -0.4 is 0 Å². The zero-order valence-electron chi connectivity index (χ0n) is 10.5. The third-order valence-electron chi connectivity index (χ3n) is 2.33. The van der Waals surface area contributed by atoms with Crippen molar-refractivity contribution in [3.05, 3.63) is 0 Å². The summed E-state index contributed by atoms with van der Waals surface area (Å²) in [7, 11) is 1.34. The lowest BCUT2D eigenvalue weighted by molar-refractivity contribution is -0.152. The van der Waals surface area contributed by atoms with Crippen LogP contribution in [0.15, 0.2) is 0 Å². The molecule has 0 rings (SSSR count). The van der Waals surface area contributed by atoms with Crippen LogP contribution in [0.3, 0.4) is 0 Å². The Morgan fingerprint density at radius 1 is 1.19 bits per heavy atom. The largest absolute Gasteiger partial charge is 0.469 e. The van der Waals surface area contributed by atoms with Crippen molar-refractivity contribution in [2.75, 3.05) is 7.11 Å². The number of carbonyl (C=O) groups is 2. The Kier molecular flexibility index (Phi) is 8.58. The molecule has 0 aromatic carbocycles. The van der Waals surface area contributed by atoms with Crippen molar-refractivity contribution >= 4 is 11.9 Å². The highest BCUT2D eigenvalue weighted by molar-refractivity contribution is 5.71. The molecule has 0 saturated carbocycles. The van der Waals surface area contributed by atoms with Gasteiger partial charge in [0, 0.05) is 6.92 Å². The molecular weight excluding hydrogens is 208 g/mol. The Hall–Kier alpha value is -1.06. The SMILES string of the molecule is CCCCCC[C@H](CC(=O)OC)OC(C)=O. The molecule has 0 saturated heterocycles. The van der Waals surface area contributed by atoms with E-state index in [2.05, 4.69) is 11.7 Å². The van der Waals surface area contributed by atoms with Gasteiger partial charge in [0.05, 0.1) is 13.5 Å². The van der Waals surface area contributed by atoms with Crippen LogP contribution in [0.1, 0.15) is 52.4 Å². The molecule has 1 atom stereocenters. The molecule has 16 heavy (non-hydrogen) atoms. The molecule has 0 amide bonds. The lowest BCUT2D eigenvalue weighted by atomic mass is 10.1. The summed E-state index contributed by atoms with van der Waals surface area (Å²) in [6.07, 6.45) is 4.97. The summed E-state index contributed by atoms with van der Waals surface area (Å²) in [6.45, 7) is 3.49. The van der Waals surface area contributed by atoms with Gasteiger partial charge in [-0.1, -0.05) is 26.2 Å². The monoisotopic (exact) mass is 230 g/mol. The number of ether oxygens (including phenoxy) is 2. The molecule has 0 unspecified atom stereocenters. The van der Waals surface area contributed by atoms with Crippen molar-refractivity contribution in [1.29, 1.82) is 0 Å². The van der Waals surface area contributed by atoms with Crippen LogP contribution in [-0.2, 0) is 19.1 Å². The highest BCUT2D eigenvalue weighted by Crippen LogP contribution is 2.12. The van der Waals surface area contributed by atoms with Gasteiger partial charge in [-0.05, 0) is 12.8 Å². The fourth-order valence-corrected chi connectivity index (χ4v) is 1.51. The van der Waals surface area contributed by atoms with E-state index >= 15 is 0 Å². The molecule has 0 aliphatic rings. The van der Waals surface area contributed by atoms with Crippen molar-refractivity contribution in [3.8, 4) is 0 Å². The van der Waals surface area contributed by atoms with Crippen LogP contribution in [-0.4, -0.2) is 25.2 Å². The molecule has 4 nitrogen and oxygen atoms in total. The molecule has 0 N–H and O–H groups in total. The first-order chi connectivity index (χ1) is 7.60. The predicted octanol–water partition coefficient (Wildman–Crippen LogP) is 2.45. The minimum absolute atomic E-state index is 0.155. The van der Waals surface area contributed by atoms with E-state index in [0.29, 0.717) is 0 Å². The van der Waals surface area contributed by atoms with Crippen LogP contribution in [0, 0.1) is 0 Å². The van der Waals surface area contributed by atoms with Gasteiger partial charge >= 0.3 is 11.9 Å². The van der Waals surface area contributed by atoms with Gasteiger partial charge in [0.2, 0.25) is 0 Å². The smallest absolute Gasteiger partial charge is 0.309 e. The molecule has 4 heteroatoms. The number of esters is 2. The maximum atomic E-state index is 11.1. The van der Waals surface area contributed by atoms with E-state index in [4.69, 9.17) is 4.74 Å². The highest BCUT2D eigenvalue weighted by atomic mass is 16.6. The Labute approximate surface area is 97.3 Å². The van der Waals surface area contributed by atoms with Gasteiger partial charge in [0.25, 0.3) is 0 Å². The Morgan fingerprint density at radius 3 is 2.38 bits per heavy atom. The zero-order chi connectivity index (χ0) is 12.4. The van der Waals surface area contributed by atoms with Crippen molar-refractivity contribution in [1.82, 2.24) is 0 Å². The van der Waals surface area contributed by atoms with Crippen LogP contribution in [0.4, 0.5) is 0 Å². The molecule has 0 aromatic heterocycles. The number of unbranched alkanes of at least 4 members (excludes halogenated alkanes) is 3. The molecule has 0 fully saturated rings. The van der Waals surface area contributed by atoms with Gasteiger partial charge < -0.3 is 9.47 Å². The Balaban J connectivity index is 3.90. The van der Waals surface area contributed by atoms with E-state index in [1.807, 2.05) is 0 Å². The van der Waals surface area contributed by atoms with E-state index in [0.717, 1.165) is 25.7 Å². The molecule has 94 valence electrons. The van der Waals surface area contributed by atoms with Gasteiger partial charge in [0.1, 0.15) is 6.10 Å². The summed E-state index contributed by atoms with van der Waals surface area (Å²) in [4.78, 5) is 21.9. The van der Waals surface area contributed by atoms with Gasteiger partial charge in [-0.3, -0.25) is 9.59 Å². The number of hydrogen-bond acceptors (Lipinski definition) is 4. The van der Waals surface area contributed by atoms with Crippen LogP contribution in [0.25, 0.3) is 0 Å². The van der Waals surface area contributed by atoms with Gasteiger partial charge in [-0.25, -0.2) is 0 Å². The standard InChI is InChI=1S/C12H22O4/c1-4-5-6-7-8-11(16-10(2)13)9-12(14)15-3/h11H,4-9H2,1-3H3/t11-/m1/s1. The topological polar surface area (TPSA) is 52.6 Å². The van der Waals surface area contributed by atoms with Gasteiger partial charge in [-0.15, -0.1) is 0 Å². The van der Waals surface area contributed by atoms with Crippen molar-refractivity contribution < 1.29 is 19.1 Å². The third-order valence-corrected chi connectivity index (χ3v) is 2.33. The van der Waals surface area contributed by atoms with Gasteiger partial charge in [0.15, 0.2) is 0 Å². The molecule has 0 bridgehead atoms. The molecule has 0 aliphatic carbocycles. The van der Waals surface area contributed by atoms with Gasteiger partial charge in [-0.2, -0.15) is 0 Å². The lowest BCUT2D eigenvalue weighted by Gasteiger charge is -2.15. The fraction of sp³-hybridized carbons (Fsp3) is 0.833. The zero-order valence-corrected chi connectivity index (χ0v) is 10.5. The average molecular weight is 230 g/mol. The minimum Gasteiger partial charge on any atom is -0.469 e. The average Bonchev–Trinajstić information content (AvgIpc) is 2.23. The maximum absolute atomic E-state index is 11.1. The molecule has 0 heterocycles. The van der Waals surface area contributed by atoms with Crippen molar-refractivity contribution in [3.63, 3.8) is 0 Å². The first-order valence-electron chi connectivity index (χ1n) is 5.84. The second-order valence-electron chi connectivity index (χ2n) is 3.86. The number of methoxy groups -OCH3 is 1. The lowest BCUT2D eigenvalue weighted by Crippen LogP contribution is -2.21. The second-order valence-corrected chi connectivity index (χ2v) is 3.86. The molecule has 0 radical (unpaired) electrons. The molecule has 0 aromatic rings. The quantitative estimate of drug-likeness (QED) is 0.475. The van der Waals surface area contributed by atoms with Crippen LogP contribution >= 0.6 is 0 Å². The van der Waals surface area contributed by atoms with E-state index in [-0.39, 0.29) is 24.5 Å². The summed E-state index contributed by atoms with van der Waals surface area (Å²) < 4.78 is 9.62. The predicted molar refractivity (Wildman–Crippen MR) is 60.9 cm³/mol. The summed E-state index contributed by atoms with van der Waals surface area (Å²) in [5.74, 6) is -0.675. The summed E-state index contributed by atoms with van der Waals surface area (Å²) in [5.41, 5.74) is 0.